The molecular formula is C13H10N2O3S2. The molecule has 1 heterocycles. The Labute approximate surface area is 119 Å². The van der Waals surface area contributed by atoms with Crippen molar-refractivity contribution in [2.75, 3.05) is 4.72 Å². The first-order valence-corrected chi connectivity index (χ1v) is 8.02. The Morgan fingerprint density at radius 1 is 1.05 bits per heavy atom. The summed E-state index contributed by atoms with van der Waals surface area (Å²) in [6.45, 7) is 0. The van der Waals surface area contributed by atoms with Crippen LogP contribution in [0, 0.1) is 0 Å². The van der Waals surface area contributed by atoms with Gasteiger partial charge in [-0.05, 0) is 36.4 Å². The minimum absolute atomic E-state index is 0.0175. The van der Waals surface area contributed by atoms with E-state index in [1.165, 1.54) is 35.6 Å². The lowest BCUT2D eigenvalue weighted by Crippen LogP contribution is -2.12. The third-order valence-corrected chi connectivity index (χ3v) is 5.10. The first kappa shape index (κ1) is 12.9. The molecule has 2 N–H and O–H groups in total. The van der Waals surface area contributed by atoms with Crippen LogP contribution in [-0.2, 0) is 10.0 Å². The molecule has 0 aliphatic carbocycles. The van der Waals surface area contributed by atoms with E-state index in [-0.39, 0.29) is 10.6 Å². The van der Waals surface area contributed by atoms with Crippen molar-refractivity contribution in [1.82, 2.24) is 4.98 Å². The smallest absolute Gasteiger partial charge is 0.263 e. The van der Waals surface area contributed by atoms with Crippen molar-refractivity contribution in [3.63, 3.8) is 0 Å². The number of thiazole rings is 1. The Balaban J connectivity index is 1.94. The molecule has 0 spiro atoms. The number of rotatable bonds is 3. The van der Waals surface area contributed by atoms with Gasteiger partial charge in [-0.2, -0.15) is 0 Å². The van der Waals surface area contributed by atoms with Gasteiger partial charge in [0.1, 0.15) is 5.75 Å². The van der Waals surface area contributed by atoms with E-state index in [1.807, 2.05) is 24.3 Å². The molecule has 0 saturated heterocycles. The fraction of sp³-hybridized carbons (Fsp3) is 0. The lowest BCUT2D eigenvalue weighted by molar-refractivity contribution is 0.475. The molecule has 7 heteroatoms. The molecule has 0 amide bonds. The fourth-order valence-corrected chi connectivity index (χ4v) is 3.82. The number of nitrogens with one attached hydrogen (secondary N) is 1. The number of anilines is 1. The maximum absolute atomic E-state index is 12.2. The highest BCUT2D eigenvalue weighted by molar-refractivity contribution is 7.93. The number of aromatic hydroxyl groups is 1. The highest BCUT2D eigenvalue weighted by Crippen LogP contribution is 2.27. The van der Waals surface area contributed by atoms with E-state index in [9.17, 15) is 13.5 Å². The number of para-hydroxylation sites is 1. The molecule has 1 aromatic heterocycles. The van der Waals surface area contributed by atoms with Gasteiger partial charge in [-0.15, -0.1) is 0 Å². The Hall–Kier alpha value is -2.12. The molecule has 3 rings (SSSR count). The molecule has 0 atom stereocenters. The van der Waals surface area contributed by atoms with Crippen LogP contribution < -0.4 is 4.72 Å². The molecule has 5 nitrogen and oxygen atoms in total. The van der Waals surface area contributed by atoms with E-state index >= 15 is 0 Å². The van der Waals surface area contributed by atoms with Crippen LogP contribution in [-0.4, -0.2) is 18.5 Å². The first-order chi connectivity index (χ1) is 9.54. The molecule has 102 valence electrons. The Morgan fingerprint density at radius 3 is 2.45 bits per heavy atom. The third-order valence-electron chi connectivity index (χ3n) is 2.66. The van der Waals surface area contributed by atoms with E-state index in [1.54, 1.807) is 0 Å². The van der Waals surface area contributed by atoms with Crippen molar-refractivity contribution in [2.24, 2.45) is 0 Å². The van der Waals surface area contributed by atoms with E-state index in [0.29, 0.717) is 5.13 Å². The highest BCUT2D eigenvalue weighted by Gasteiger charge is 2.16. The van der Waals surface area contributed by atoms with Gasteiger partial charge in [0.15, 0.2) is 5.13 Å². The van der Waals surface area contributed by atoms with E-state index in [0.717, 1.165) is 10.2 Å². The second-order valence-electron chi connectivity index (χ2n) is 4.09. The van der Waals surface area contributed by atoms with Crippen LogP contribution in [0.25, 0.3) is 10.2 Å². The van der Waals surface area contributed by atoms with Crippen LogP contribution in [0.5, 0.6) is 5.75 Å². The molecule has 0 fully saturated rings. The number of aromatic nitrogens is 1. The van der Waals surface area contributed by atoms with Gasteiger partial charge in [-0.3, -0.25) is 4.72 Å². The lowest BCUT2D eigenvalue weighted by atomic mass is 10.3. The summed E-state index contributed by atoms with van der Waals surface area (Å²) in [4.78, 5) is 4.30. The summed E-state index contributed by atoms with van der Waals surface area (Å²) in [5, 5.41) is 9.50. The number of phenolic OH excluding ortho intramolecular Hbond substituents is 1. The Kier molecular flexibility index (Phi) is 3.07. The molecule has 0 aliphatic heterocycles. The summed E-state index contributed by atoms with van der Waals surface area (Å²) in [6, 6.07) is 12.8. The minimum atomic E-state index is -3.69. The number of fused-ring (bicyclic) bond motifs is 1. The second-order valence-corrected chi connectivity index (χ2v) is 6.80. The van der Waals surface area contributed by atoms with Gasteiger partial charge < -0.3 is 5.11 Å². The molecule has 3 aromatic rings. The average Bonchev–Trinajstić information content (AvgIpc) is 2.80. The maximum Gasteiger partial charge on any atom is 0.263 e. The van der Waals surface area contributed by atoms with Crippen LogP contribution in [0.1, 0.15) is 0 Å². The molecule has 0 saturated carbocycles. The third kappa shape index (κ3) is 2.45. The van der Waals surface area contributed by atoms with Crippen LogP contribution in [0.2, 0.25) is 0 Å². The van der Waals surface area contributed by atoms with Gasteiger partial charge in [0.25, 0.3) is 10.0 Å². The summed E-state index contributed by atoms with van der Waals surface area (Å²) in [6.07, 6.45) is 0. The summed E-state index contributed by atoms with van der Waals surface area (Å²) in [7, 11) is -3.69. The first-order valence-electron chi connectivity index (χ1n) is 5.72. The zero-order valence-corrected chi connectivity index (χ0v) is 11.8. The monoisotopic (exact) mass is 306 g/mol. The zero-order valence-electron chi connectivity index (χ0n) is 10.1. The number of benzene rings is 2. The summed E-state index contributed by atoms with van der Waals surface area (Å²) >= 11 is 1.27. The molecule has 0 aliphatic rings. The van der Waals surface area contributed by atoms with Crippen molar-refractivity contribution in [3.05, 3.63) is 48.5 Å². The van der Waals surface area contributed by atoms with Crippen molar-refractivity contribution < 1.29 is 13.5 Å². The molecule has 20 heavy (non-hydrogen) atoms. The molecule has 0 bridgehead atoms. The number of hydrogen-bond acceptors (Lipinski definition) is 5. The number of nitrogens with zero attached hydrogens (tertiary/aromatic N) is 1. The van der Waals surface area contributed by atoms with Gasteiger partial charge in [-0.1, -0.05) is 23.5 Å². The van der Waals surface area contributed by atoms with Crippen molar-refractivity contribution in [2.45, 2.75) is 4.90 Å². The Morgan fingerprint density at radius 2 is 1.75 bits per heavy atom. The quantitative estimate of drug-likeness (QED) is 0.780. The van der Waals surface area contributed by atoms with E-state index in [4.69, 9.17) is 0 Å². The number of hydrogen-bond donors (Lipinski definition) is 2. The van der Waals surface area contributed by atoms with E-state index < -0.39 is 10.0 Å². The maximum atomic E-state index is 12.2. The summed E-state index contributed by atoms with van der Waals surface area (Å²) in [5.41, 5.74) is 0.751. The van der Waals surface area contributed by atoms with Gasteiger partial charge in [-0.25, -0.2) is 13.4 Å². The van der Waals surface area contributed by atoms with Crippen LogP contribution in [0.15, 0.2) is 53.4 Å². The van der Waals surface area contributed by atoms with Crippen molar-refractivity contribution in [1.29, 1.82) is 0 Å². The molecular weight excluding hydrogens is 296 g/mol. The largest absolute Gasteiger partial charge is 0.508 e. The minimum Gasteiger partial charge on any atom is -0.508 e. The van der Waals surface area contributed by atoms with Crippen LogP contribution >= 0.6 is 11.3 Å². The predicted molar refractivity (Wildman–Crippen MR) is 78.5 cm³/mol. The molecule has 2 aromatic carbocycles. The van der Waals surface area contributed by atoms with Crippen LogP contribution in [0.3, 0.4) is 0 Å². The topological polar surface area (TPSA) is 79.3 Å². The van der Waals surface area contributed by atoms with E-state index in [2.05, 4.69) is 9.71 Å². The number of phenols is 1. The van der Waals surface area contributed by atoms with Crippen molar-refractivity contribution >= 4 is 36.7 Å². The predicted octanol–water partition coefficient (Wildman–Crippen LogP) is 2.80. The van der Waals surface area contributed by atoms with Gasteiger partial charge in [0.05, 0.1) is 15.1 Å². The molecule has 0 radical (unpaired) electrons. The second kappa shape index (κ2) is 4.77. The van der Waals surface area contributed by atoms with Crippen molar-refractivity contribution in [3.8, 4) is 5.75 Å². The normalized spacial score (nSPS) is 11.6. The summed E-state index contributed by atoms with van der Waals surface area (Å²) < 4.78 is 27.7. The SMILES string of the molecule is O=S(=O)(Nc1nc2ccccc2s1)c1ccc(O)cc1. The number of sulfonamides is 1. The lowest BCUT2D eigenvalue weighted by Gasteiger charge is -2.04. The highest BCUT2D eigenvalue weighted by atomic mass is 32.2. The average molecular weight is 306 g/mol. The summed E-state index contributed by atoms with van der Waals surface area (Å²) in [5.74, 6) is 0.0175. The van der Waals surface area contributed by atoms with Crippen LogP contribution in [0.4, 0.5) is 5.13 Å². The fourth-order valence-electron chi connectivity index (χ4n) is 1.72. The standard InChI is InChI=1S/C13H10N2O3S2/c16-9-5-7-10(8-6-9)20(17,18)15-13-14-11-3-1-2-4-12(11)19-13/h1-8,16H,(H,14,15). The van der Waals surface area contributed by atoms with Gasteiger partial charge in [0, 0.05) is 0 Å². The molecule has 0 unspecified atom stereocenters. The Bertz CT molecular complexity index is 822. The van der Waals surface area contributed by atoms with Gasteiger partial charge in [0.2, 0.25) is 0 Å². The van der Waals surface area contributed by atoms with Gasteiger partial charge >= 0.3 is 0 Å². The zero-order chi connectivity index (χ0) is 14.2.